The van der Waals surface area contributed by atoms with Crippen molar-refractivity contribution in [2.75, 3.05) is 6.54 Å². The van der Waals surface area contributed by atoms with Crippen molar-refractivity contribution in [2.45, 2.75) is 51.8 Å². The molecule has 1 N–H and O–H groups in total. The Hall–Kier alpha value is -3.78. The third-order valence-electron chi connectivity index (χ3n) is 7.02. The molecule has 0 radical (unpaired) electrons. The molecular formula is C28H31N5O3. The summed E-state index contributed by atoms with van der Waals surface area (Å²) < 4.78 is 7.94. The zero-order chi connectivity index (χ0) is 25.2. The van der Waals surface area contributed by atoms with Crippen LogP contribution in [-0.4, -0.2) is 48.6 Å². The number of carboxylic acid groups (broad SMARTS) is 1. The summed E-state index contributed by atoms with van der Waals surface area (Å²) in [4.78, 5) is 18.8. The van der Waals surface area contributed by atoms with Gasteiger partial charge < -0.3 is 9.84 Å². The first kappa shape index (κ1) is 23.9. The molecule has 1 aliphatic heterocycles. The highest BCUT2D eigenvalue weighted by Gasteiger charge is 2.24. The molecule has 36 heavy (non-hydrogen) atoms. The van der Waals surface area contributed by atoms with E-state index in [0.29, 0.717) is 6.54 Å². The second-order valence-corrected chi connectivity index (χ2v) is 9.56. The Labute approximate surface area is 210 Å². The van der Waals surface area contributed by atoms with E-state index in [1.54, 1.807) is 4.68 Å². The number of carbonyl (C=O) groups is 1. The minimum absolute atomic E-state index is 0.00102. The lowest BCUT2D eigenvalue weighted by atomic mass is 9.86. The van der Waals surface area contributed by atoms with Gasteiger partial charge in [0.15, 0.2) is 0 Å². The van der Waals surface area contributed by atoms with E-state index < -0.39 is 5.97 Å². The Morgan fingerprint density at radius 1 is 1.19 bits per heavy atom. The van der Waals surface area contributed by atoms with Gasteiger partial charge in [-0.05, 0) is 59.9 Å². The summed E-state index contributed by atoms with van der Waals surface area (Å²) >= 11 is 0. The van der Waals surface area contributed by atoms with Crippen molar-refractivity contribution in [3.8, 4) is 5.75 Å². The highest BCUT2D eigenvalue weighted by molar-refractivity contribution is 5.76. The number of hydrogen-bond acceptors (Lipinski definition) is 6. The number of nitrogens with zero attached hydrogens (tertiary/aromatic N) is 5. The van der Waals surface area contributed by atoms with E-state index in [4.69, 9.17) is 4.74 Å². The van der Waals surface area contributed by atoms with E-state index in [9.17, 15) is 9.90 Å². The van der Waals surface area contributed by atoms with Gasteiger partial charge in [0, 0.05) is 38.8 Å². The molecule has 0 aliphatic carbocycles. The molecule has 0 bridgehead atoms. The van der Waals surface area contributed by atoms with Gasteiger partial charge >= 0.3 is 5.97 Å². The van der Waals surface area contributed by atoms with Crippen molar-refractivity contribution in [3.05, 3.63) is 82.7 Å². The van der Waals surface area contributed by atoms with Crippen LogP contribution in [0.4, 0.5) is 0 Å². The molecule has 0 spiro atoms. The van der Waals surface area contributed by atoms with E-state index in [1.165, 1.54) is 11.1 Å². The van der Waals surface area contributed by atoms with E-state index >= 15 is 0 Å². The first-order valence-electron chi connectivity index (χ1n) is 12.3. The van der Waals surface area contributed by atoms with Crippen LogP contribution in [0.25, 0.3) is 11.0 Å². The van der Waals surface area contributed by atoms with Crippen molar-refractivity contribution in [1.82, 2.24) is 24.9 Å². The second kappa shape index (κ2) is 10.1. The van der Waals surface area contributed by atoms with Gasteiger partial charge in [-0.1, -0.05) is 36.4 Å². The van der Waals surface area contributed by atoms with Crippen LogP contribution in [0.3, 0.4) is 0 Å². The highest BCUT2D eigenvalue weighted by atomic mass is 16.5. The fraction of sp³-hybridized carbons (Fsp3) is 0.357. The maximum Gasteiger partial charge on any atom is 0.304 e. The Kier molecular flexibility index (Phi) is 6.69. The van der Waals surface area contributed by atoms with Crippen LogP contribution in [0.1, 0.15) is 53.6 Å². The monoisotopic (exact) mass is 485 g/mol. The SMILES string of the molecule is CC[C@@H]1CN(Cc2cc([C@H](CC(=O)O)c3ccc4c(c3)nnn4C)ccc2C)Cc2ncccc2O1. The van der Waals surface area contributed by atoms with Crippen LogP contribution in [0.2, 0.25) is 0 Å². The quantitative estimate of drug-likeness (QED) is 0.413. The van der Waals surface area contributed by atoms with Crippen LogP contribution in [-0.2, 0) is 24.9 Å². The number of benzene rings is 2. The molecular weight excluding hydrogens is 454 g/mol. The molecule has 4 aromatic rings. The van der Waals surface area contributed by atoms with E-state index in [1.807, 2.05) is 49.6 Å². The predicted molar refractivity (Wildman–Crippen MR) is 137 cm³/mol. The van der Waals surface area contributed by atoms with Crippen molar-refractivity contribution in [3.63, 3.8) is 0 Å². The van der Waals surface area contributed by atoms with Crippen molar-refractivity contribution in [1.29, 1.82) is 0 Å². The molecule has 8 nitrogen and oxygen atoms in total. The fourth-order valence-corrected chi connectivity index (χ4v) is 4.96. The normalized spacial score (nSPS) is 16.8. The summed E-state index contributed by atoms with van der Waals surface area (Å²) in [5, 5.41) is 18.0. The number of aryl methyl sites for hydroxylation is 2. The van der Waals surface area contributed by atoms with Crippen LogP contribution in [0, 0.1) is 6.92 Å². The summed E-state index contributed by atoms with van der Waals surface area (Å²) in [7, 11) is 1.85. The Morgan fingerprint density at radius 2 is 2.00 bits per heavy atom. The average Bonchev–Trinajstić information content (AvgIpc) is 3.13. The average molecular weight is 486 g/mol. The third-order valence-corrected chi connectivity index (χ3v) is 7.02. The van der Waals surface area contributed by atoms with E-state index in [-0.39, 0.29) is 18.4 Å². The van der Waals surface area contributed by atoms with Crippen LogP contribution >= 0.6 is 0 Å². The smallest absolute Gasteiger partial charge is 0.304 e. The summed E-state index contributed by atoms with van der Waals surface area (Å²) in [5.74, 6) is -0.260. The van der Waals surface area contributed by atoms with Crippen molar-refractivity contribution < 1.29 is 14.6 Å². The number of pyridine rings is 1. The Bertz CT molecular complexity index is 1400. The summed E-state index contributed by atoms with van der Waals surface area (Å²) in [6.07, 6.45) is 2.82. The summed E-state index contributed by atoms with van der Waals surface area (Å²) in [5.41, 5.74) is 6.89. The third kappa shape index (κ3) is 4.95. The summed E-state index contributed by atoms with van der Waals surface area (Å²) in [6.45, 7) is 6.49. The number of fused-ring (bicyclic) bond motifs is 2. The minimum Gasteiger partial charge on any atom is -0.487 e. The number of aliphatic carboxylic acids is 1. The molecule has 2 aromatic heterocycles. The molecule has 5 rings (SSSR count). The van der Waals surface area contributed by atoms with Gasteiger partial charge in [-0.3, -0.25) is 14.7 Å². The summed E-state index contributed by atoms with van der Waals surface area (Å²) in [6, 6.07) is 16.1. The topological polar surface area (TPSA) is 93.4 Å². The number of ether oxygens (including phenoxy) is 1. The van der Waals surface area contributed by atoms with Crippen LogP contribution in [0.15, 0.2) is 54.7 Å². The lowest BCUT2D eigenvalue weighted by Gasteiger charge is -2.25. The molecule has 3 heterocycles. The van der Waals surface area contributed by atoms with Gasteiger partial charge in [0.2, 0.25) is 0 Å². The highest BCUT2D eigenvalue weighted by Crippen LogP contribution is 2.32. The first-order valence-corrected chi connectivity index (χ1v) is 12.3. The van der Waals surface area contributed by atoms with Crippen molar-refractivity contribution >= 4 is 17.0 Å². The van der Waals surface area contributed by atoms with E-state index in [0.717, 1.165) is 53.1 Å². The van der Waals surface area contributed by atoms with Crippen LogP contribution < -0.4 is 4.74 Å². The molecule has 2 aromatic carbocycles. The minimum atomic E-state index is -0.834. The largest absolute Gasteiger partial charge is 0.487 e. The number of rotatable bonds is 7. The second-order valence-electron chi connectivity index (χ2n) is 9.56. The molecule has 0 saturated carbocycles. The number of carboxylic acids is 1. The maximum atomic E-state index is 11.9. The van der Waals surface area contributed by atoms with Crippen LogP contribution in [0.5, 0.6) is 5.75 Å². The molecule has 2 atom stereocenters. The van der Waals surface area contributed by atoms with Crippen molar-refractivity contribution in [2.24, 2.45) is 7.05 Å². The maximum absolute atomic E-state index is 11.9. The number of aromatic nitrogens is 4. The van der Waals surface area contributed by atoms with Gasteiger partial charge in [-0.25, -0.2) is 4.68 Å². The van der Waals surface area contributed by atoms with Gasteiger partial charge in [0.25, 0.3) is 0 Å². The Morgan fingerprint density at radius 3 is 2.81 bits per heavy atom. The molecule has 0 unspecified atom stereocenters. The predicted octanol–water partition coefficient (Wildman–Crippen LogP) is 4.45. The molecule has 0 saturated heterocycles. The van der Waals surface area contributed by atoms with Gasteiger partial charge in [-0.2, -0.15) is 0 Å². The number of hydrogen-bond donors (Lipinski definition) is 1. The van der Waals surface area contributed by atoms with Gasteiger partial charge in [-0.15, -0.1) is 5.10 Å². The zero-order valence-electron chi connectivity index (χ0n) is 20.9. The Balaban J connectivity index is 1.47. The molecule has 186 valence electrons. The molecule has 0 amide bonds. The van der Waals surface area contributed by atoms with Gasteiger partial charge in [0.1, 0.15) is 17.4 Å². The standard InChI is InChI=1S/C28H31N5O3/c1-4-22-16-33(17-25-27(36-22)6-5-11-29-25)15-21-12-19(8-7-18(21)2)23(14-28(34)35)20-9-10-26-24(13-20)30-31-32(26)3/h5-13,22-23H,4,14-17H2,1-3H3,(H,34,35)/t22-,23+/m1/s1. The molecule has 1 aliphatic rings. The molecule has 8 heteroatoms. The zero-order valence-corrected chi connectivity index (χ0v) is 20.9. The van der Waals surface area contributed by atoms with Gasteiger partial charge in [0.05, 0.1) is 17.6 Å². The molecule has 0 fully saturated rings. The fourth-order valence-electron chi connectivity index (χ4n) is 4.96. The van der Waals surface area contributed by atoms with E-state index in [2.05, 4.69) is 46.2 Å². The lowest BCUT2D eigenvalue weighted by Crippen LogP contribution is -2.32. The first-order chi connectivity index (χ1) is 17.4. The lowest BCUT2D eigenvalue weighted by molar-refractivity contribution is -0.137.